The maximum absolute atomic E-state index is 11.9. The molecule has 3 heterocycles. The molecule has 1 saturated carbocycles. The van der Waals surface area contributed by atoms with Crippen LogP contribution >= 0.6 is 11.9 Å². The van der Waals surface area contributed by atoms with Gasteiger partial charge >= 0.3 is 0 Å². The summed E-state index contributed by atoms with van der Waals surface area (Å²) in [6.07, 6.45) is 6.55. The van der Waals surface area contributed by atoms with Gasteiger partial charge in [-0.2, -0.15) is 0 Å². The summed E-state index contributed by atoms with van der Waals surface area (Å²) in [5.41, 5.74) is 10.5. The third-order valence-electron chi connectivity index (χ3n) is 5.03. The number of rotatable bonds is 5. The Labute approximate surface area is 172 Å². The van der Waals surface area contributed by atoms with E-state index in [9.17, 15) is 4.79 Å². The summed E-state index contributed by atoms with van der Waals surface area (Å²) in [6, 6.07) is 10.8. The number of amides is 1. The highest BCUT2D eigenvalue weighted by molar-refractivity contribution is 7.97. The SMILES string of the molecule is Nc1ncc(-c2ccc(SNC3CC3)cc2)nc1-c1cc2c(cn1)C(=O)NCC2. The highest BCUT2D eigenvalue weighted by Crippen LogP contribution is 2.29. The molecule has 1 amide bonds. The number of carbonyl (C=O) groups excluding carboxylic acids is 1. The fourth-order valence-electron chi connectivity index (χ4n) is 3.22. The summed E-state index contributed by atoms with van der Waals surface area (Å²) in [5, 5.41) is 2.82. The van der Waals surface area contributed by atoms with Gasteiger partial charge in [0.05, 0.1) is 23.1 Å². The topological polar surface area (TPSA) is 106 Å². The summed E-state index contributed by atoms with van der Waals surface area (Å²) in [7, 11) is 0. The minimum absolute atomic E-state index is 0.0905. The standard InChI is InChI=1S/C21H20N6OS/c22-20-19(17-9-13-7-8-23-21(28)16(13)10-24-17)26-18(11-25-20)12-1-5-15(6-2-12)29-27-14-3-4-14/h1-2,5-6,9-11,14,27H,3-4,7-8H2,(H2,22,25)(H,23,28). The Morgan fingerprint density at radius 1 is 1.10 bits per heavy atom. The van der Waals surface area contributed by atoms with Crippen molar-refractivity contribution in [3.63, 3.8) is 0 Å². The normalized spacial score (nSPS) is 15.7. The smallest absolute Gasteiger partial charge is 0.253 e. The van der Waals surface area contributed by atoms with E-state index >= 15 is 0 Å². The van der Waals surface area contributed by atoms with Gasteiger partial charge in [-0.3, -0.25) is 14.5 Å². The molecule has 7 nitrogen and oxygen atoms in total. The molecule has 3 aromatic rings. The first-order valence-corrected chi connectivity index (χ1v) is 10.4. The van der Waals surface area contributed by atoms with Crippen LogP contribution in [0.25, 0.3) is 22.6 Å². The van der Waals surface area contributed by atoms with E-state index in [2.05, 4.69) is 32.1 Å². The molecular formula is C21H20N6OS. The molecule has 29 heavy (non-hydrogen) atoms. The van der Waals surface area contributed by atoms with Gasteiger partial charge in [-0.05, 0) is 55.0 Å². The molecule has 0 radical (unpaired) electrons. The van der Waals surface area contributed by atoms with Crippen molar-refractivity contribution < 1.29 is 4.79 Å². The Balaban J connectivity index is 1.43. The van der Waals surface area contributed by atoms with Crippen LogP contribution in [0.2, 0.25) is 0 Å². The van der Waals surface area contributed by atoms with Gasteiger partial charge in [-0.1, -0.05) is 12.1 Å². The van der Waals surface area contributed by atoms with E-state index < -0.39 is 0 Å². The fourth-order valence-corrected chi connectivity index (χ4v) is 4.03. The summed E-state index contributed by atoms with van der Waals surface area (Å²) in [5.74, 6) is 0.231. The first-order valence-electron chi connectivity index (χ1n) is 9.60. The monoisotopic (exact) mass is 404 g/mol. The number of carbonyl (C=O) groups is 1. The number of nitrogens with one attached hydrogen (secondary N) is 2. The van der Waals surface area contributed by atoms with Crippen molar-refractivity contribution in [1.82, 2.24) is 25.0 Å². The van der Waals surface area contributed by atoms with Crippen LogP contribution in [0.1, 0.15) is 28.8 Å². The molecule has 2 aromatic heterocycles. The molecule has 4 N–H and O–H groups in total. The van der Waals surface area contributed by atoms with E-state index in [4.69, 9.17) is 10.7 Å². The number of hydrogen-bond acceptors (Lipinski definition) is 7. The molecule has 146 valence electrons. The van der Waals surface area contributed by atoms with Gasteiger partial charge < -0.3 is 11.1 Å². The van der Waals surface area contributed by atoms with E-state index in [0.29, 0.717) is 35.4 Å². The molecule has 1 aliphatic carbocycles. The first kappa shape index (κ1) is 18.1. The zero-order valence-electron chi connectivity index (χ0n) is 15.7. The minimum atomic E-state index is -0.0905. The molecule has 1 fully saturated rings. The molecule has 0 spiro atoms. The van der Waals surface area contributed by atoms with E-state index in [1.807, 2.05) is 18.2 Å². The number of fused-ring (bicyclic) bond motifs is 1. The van der Waals surface area contributed by atoms with Crippen LogP contribution in [0.4, 0.5) is 5.82 Å². The van der Waals surface area contributed by atoms with Gasteiger partial charge in [0.25, 0.3) is 5.91 Å². The number of nitrogens with zero attached hydrogens (tertiary/aromatic N) is 3. The van der Waals surface area contributed by atoms with Crippen LogP contribution in [0, 0.1) is 0 Å². The van der Waals surface area contributed by atoms with E-state index in [-0.39, 0.29) is 5.91 Å². The molecule has 0 bridgehead atoms. The third kappa shape index (κ3) is 3.81. The van der Waals surface area contributed by atoms with Crippen LogP contribution in [0.5, 0.6) is 0 Å². The van der Waals surface area contributed by atoms with Crippen molar-refractivity contribution in [3.05, 3.63) is 53.9 Å². The number of benzene rings is 1. The molecule has 0 saturated heterocycles. The Bertz CT molecular complexity index is 1080. The van der Waals surface area contributed by atoms with Crippen LogP contribution in [0.3, 0.4) is 0 Å². The van der Waals surface area contributed by atoms with Crippen molar-refractivity contribution in [2.75, 3.05) is 12.3 Å². The third-order valence-corrected chi connectivity index (χ3v) is 5.99. The summed E-state index contributed by atoms with van der Waals surface area (Å²) >= 11 is 1.66. The molecule has 1 aliphatic heterocycles. The molecule has 8 heteroatoms. The Hall–Kier alpha value is -2.97. The molecule has 1 aromatic carbocycles. The first-order chi connectivity index (χ1) is 14.2. The number of hydrogen-bond donors (Lipinski definition) is 3. The average Bonchev–Trinajstić information content (AvgIpc) is 3.58. The number of anilines is 1. The molecular weight excluding hydrogens is 384 g/mol. The lowest BCUT2D eigenvalue weighted by atomic mass is 10.0. The highest BCUT2D eigenvalue weighted by Gasteiger charge is 2.21. The van der Waals surface area contributed by atoms with Crippen molar-refractivity contribution >= 4 is 23.7 Å². The predicted molar refractivity (Wildman–Crippen MR) is 113 cm³/mol. The molecule has 5 rings (SSSR count). The van der Waals surface area contributed by atoms with E-state index in [1.54, 1.807) is 24.3 Å². The van der Waals surface area contributed by atoms with Crippen LogP contribution in [0.15, 0.2) is 47.6 Å². The van der Waals surface area contributed by atoms with Crippen molar-refractivity contribution in [1.29, 1.82) is 0 Å². The lowest BCUT2D eigenvalue weighted by Crippen LogP contribution is -2.31. The number of nitrogens with two attached hydrogens (primary N) is 1. The van der Waals surface area contributed by atoms with E-state index in [1.165, 1.54) is 17.7 Å². The molecule has 0 atom stereocenters. The Morgan fingerprint density at radius 2 is 1.93 bits per heavy atom. The quantitative estimate of drug-likeness (QED) is 0.562. The van der Waals surface area contributed by atoms with Gasteiger partial charge in [0.1, 0.15) is 5.69 Å². The Morgan fingerprint density at radius 3 is 2.72 bits per heavy atom. The van der Waals surface area contributed by atoms with E-state index in [0.717, 1.165) is 23.2 Å². The van der Waals surface area contributed by atoms with Crippen molar-refractivity contribution in [2.45, 2.75) is 30.2 Å². The van der Waals surface area contributed by atoms with Gasteiger partial charge in [0.15, 0.2) is 5.82 Å². The minimum Gasteiger partial charge on any atom is -0.382 e. The highest BCUT2D eigenvalue weighted by atomic mass is 32.2. The van der Waals surface area contributed by atoms with Gasteiger partial charge in [-0.15, -0.1) is 0 Å². The number of pyridine rings is 1. The summed E-state index contributed by atoms with van der Waals surface area (Å²) in [6.45, 7) is 0.621. The lowest BCUT2D eigenvalue weighted by Gasteiger charge is -2.16. The largest absolute Gasteiger partial charge is 0.382 e. The number of nitrogen functional groups attached to an aromatic ring is 1. The van der Waals surface area contributed by atoms with Crippen molar-refractivity contribution in [2.24, 2.45) is 0 Å². The maximum Gasteiger partial charge on any atom is 0.253 e. The predicted octanol–water partition coefficient (Wildman–Crippen LogP) is 2.83. The second-order valence-electron chi connectivity index (χ2n) is 7.24. The second-order valence-corrected chi connectivity index (χ2v) is 8.15. The zero-order valence-corrected chi connectivity index (χ0v) is 16.5. The number of aromatic nitrogens is 3. The fraction of sp³-hybridized carbons (Fsp3) is 0.238. The maximum atomic E-state index is 11.9. The lowest BCUT2D eigenvalue weighted by molar-refractivity contribution is 0.0945. The molecule has 0 unspecified atom stereocenters. The summed E-state index contributed by atoms with van der Waals surface area (Å²) < 4.78 is 3.43. The molecule has 2 aliphatic rings. The Kier molecular flexibility index (Phi) is 4.65. The summed E-state index contributed by atoms with van der Waals surface area (Å²) in [4.78, 5) is 26.6. The van der Waals surface area contributed by atoms with Gasteiger partial charge in [-0.25, -0.2) is 9.97 Å². The van der Waals surface area contributed by atoms with Crippen molar-refractivity contribution in [3.8, 4) is 22.6 Å². The van der Waals surface area contributed by atoms with Crippen LogP contribution in [-0.2, 0) is 6.42 Å². The van der Waals surface area contributed by atoms with Crippen LogP contribution in [-0.4, -0.2) is 33.4 Å². The zero-order chi connectivity index (χ0) is 19.8. The van der Waals surface area contributed by atoms with Gasteiger partial charge in [0, 0.05) is 29.2 Å². The van der Waals surface area contributed by atoms with Gasteiger partial charge in [0.2, 0.25) is 0 Å². The van der Waals surface area contributed by atoms with Crippen LogP contribution < -0.4 is 15.8 Å². The average molecular weight is 404 g/mol. The second kappa shape index (κ2) is 7.46.